The second-order valence-electron chi connectivity index (χ2n) is 5.43. The van der Waals surface area contributed by atoms with Crippen molar-refractivity contribution in [1.82, 2.24) is 15.5 Å². The van der Waals surface area contributed by atoms with Crippen LogP contribution < -0.4 is 10.6 Å². The van der Waals surface area contributed by atoms with E-state index in [1.54, 1.807) is 0 Å². The van der Waals surface area contributed by atoms with E-state index < -0.39 is 0 Å². The molecule has 1 aromatic rings. The summed E-state index contributed by atoms with van der Waals surface area (Å²) in [5.74, 6) is 0.0894. The Balaban J connectivity index is 1.43. The topological polar surface area (TPSA) is 76.1 Å². The van der Waals surface area contributed by atoms with Crippen molar-refractivity contribution in [3.8, 4) is 0 Å². The third-order valence-corrected chi connectivity index (χ3v) is 5.55. The van der Waals surface area contributed by atoms with Gasteiger partial charge in [0, 0.05) is 19.2 Å². The molecule has 1 saturated carbocycles. The van der Waals surface area contributed by atoms with Crippen LogP contribution in [-0.2, 0) is 9.53 Å². The summed E-state index contributed by atoms with van der Waals surface area (Å²) in [5.41, 5.74) is 0. The molecule has 0 bridgehead atoms. The van der Waals surface area contributed by atoms with Crippen molar-refractivity contribution in [2.75, 3.05) is 18.5 Å². The SMILES string of the molecule is CC(Sc1nnc(NCC2CCCO2)s1)C(=O)NC1CC1. The molecule has 2 fully saturated rings. The summed E-state index contributed by atoms with van der Waals surface area (Å²) in [7, 11) is 0. The lowest BCUT2D eigenvalue weighted by atomic mass is 10.2. The van der Waals surface area contributed by atoms with Crippen LogP contribution >= 0.6 is 23.1 Å². The Kier molecular flexibility index (Phi) is 4.97. The van der Waals surface area contributed by atoms with Gasteiger partial charge in [0.15, 0.2) is 4.34 Å². The Morgan fingerprint density at radius 3 is 3.05 bits per heavy atom. The number of hydrogen-bond donors (Lipinski definition) is 2. The molecule has 1 aliphatic heterocycles. The van der Waals surface area contributed by atoms with E-state index in [2.05, 4.69) is 20.8 Å². The number of aromatic nitrogens is 2. The molecule has 2 heterocycles. The van der Waals surface area contributed by atoms with Gasteiger partial charge in [0.05, 0.1) is 11.4 Å². The Morgan fingerprint density at radius 2 is 2.33 bits per heavy atom. The summed E-state index contributed by atoms with van der Waals surface area (Å²) in [4.78, 5) is 11.9. The number of amides is 1. The molecule has 21 heavy (non-hydrogen) atoms. The Labute approximate surface area is 132 Å². The molecule has 0 aromatic carbocycles. The predicted molar refractivity (Wildman–Crippen MR) is 83.9 cm³/mol. The molecule has 8 heteroatoms. The van der Waals surface area contributed by atoms with E-state index in [1.807, 2.05) is 6.92 Å². The van der Waals surface area contributed by atoms with Gasteiger partial charge in [-0.15, -0.1) is 10.2 Å². The molecule has 6 nitrogen and oxygen atoms in total. The van der Waals surface area contributed by atoms with Gasteiger partial charge in [-0.1, -0.05) is 23.1 Å². The maximum atomic E-state index is 11.9. The molecular weight excluding hydrogens is 308 g/mol. The minimum Gasteiger partial charge on any atom is -0.376 e. The van der Waals surface area contributed by atoms with Crippen molar-refractivity contribution in [3.05, 3.63) is 0 Å². The highest BCUT2D eigenvalue weighted by atomic mass is 32.2. The summed E-state index contributed by atoms with van der Waals surface area (Å²) >= 11 is 2.95. The molecule has 3 rings (SSSR count). The molecule has 2 unspecified atom stereocenters. The second kappa shape index (κ2) is 6.93. The first-order chi connectivity index (χ1) is 10.2. The number of carbonyl (C=O) groups is 1. The van der Waals surface area contributed by atoms with E-state index >= 15 is 0 Å². The fraction of sp³-hybridized carbons (Fsp3) is 0.769. The van der Waals surface area contributed by atoms with Crippen molar-refractivity contribution in [2.24, 2.45) is 0 Å². The molecule has 2 aliphatic rings. The molecule has 0 spiro atoms. The van der Waals surface area contributed by atoms with Crippen LogP contribution in [0.2, 0.25) is 0 Å². The molecular formula is C13H20N4O2S2. The van der Waals surface area contributed by atoms with Crippen LogP contribution in [0.4, 0.5) is 5.13 Å². The zero-order valence-electron chi connectivity index (χ0n) is 12.0. The smallest absolute Gasteiger partial charge is 0.233 e. The largest absolute Gasteiger partial charge is 0.376 e. The Hall–Kier alpha value is -0.860. The Morgan fingerprint density at radius 1 is 1.48 bits per heavy atom. The van der Waals surface area contributed by atoms with Gasteiger partial charge in [0.1, 0.15) is 0 Å². The highest BCUT2D eigenvalue weighted by Gasteiger charge is 2.26. The predicted octanol–water partition coefficient (Wildman–Crippen LogP) is 1.89. The zero-order chi connectivity index (χ0) is 14.7. The lowest BCUT2D eigenvalue weighted by molar-refractivity contribution is -0.120. The monoisotopic (exact) mass is 328 g/mol. The first-order valence-corrected chi connectivity index (χ1v) is 9.06. The van der Waals surface area contributed by atoms with Crippen LogP contribution in [0.1, 0.15) is 32.6 Å². The lowest BCUT2D eigenvalue weighted by Gasteiger charge is -2.09. The second-order valence-corrected chi connectivity index (χ2v) is 8.00. The number of ether oxygens (including phenoxy) is 1. The van der Waals surface area contributed by atoms with E-state index in [4.69, 9.17) is 4.74 Å². The average Bonchev–Trinajstić information content (AvgIpc) is 2.96. The summed E-state index contributed by atoms with van der Waals surface area (Å²) in [6.07, 6.45) is 4.75. The van der Waals surface area contributed by atoms with Gasteiger partial charge >= 0.3 is 0 Å². The van der Waals surface area contributed by atoms with Crippen LogP contribution in [-0.4, -0.2) is 46.7 Å². The van der Waals surface area contributed by atoms with E-state index in [1.165, 1.54) is 23.1 Å². The Bertz CT molecular complexity index is 486. The van der Waals surface area contributed by atoms with Gasteiger partial charge in [-0.3, -0.25) is 4.79 Å². The van der Waals surface area contributed by atoms with Gasteiger partial charge in [-0.05, 0) is 32.6 Å². The quantitative estimate of drug-likeness (QED) is 0.745. The van der Waals surface area contributed by atoms with Crippen molar-refractivity contribution < 1.29 is 9.53 Å². The van der Waals surface area contributed by atoms with E-state index in [9.17, 15) is 4.79 Å². The number of thioether (sulfide) groups is 1. The number of nitrogens with one attached hydrogen (secondary N) is 2. The number of anilines is 1. The van der Waals surface area contributed by atoms with Gasteiger partial charge in [-0.25, -0.2) is 0 Å². The van der Waals surface area contributed by atoms with Gasteiger partial charge in [0.2, 0.25) is 11.0 Å². The minimum atomic E-state index is -0.135. The first-order valence-electron chi connectivity index (χ1n) is 7.37. The standard InChI is InChI=1S/C13H20N4O2S2/c1-8(11(18)15-9-4-5-9)20-13-17-16-12(21-13)14-7-10-3-2-6-19-10/h8-10H,2-7H2,1H3,(H,14,16)(H,15,18). The molecule has 1 amide bonds. The number of carbonyl (C=O) groups excluding carboxylic acids is 1. The summed E-state index contributed by atoms with van der Waals surface area (Å²) in [6, 6.07) is 0.401. The third-order valence-electron chi connectivity index (χ3n) is 3.48. The van der Waals surface area contributed by atoms with Crippen LogP contribution in [0, 0.1) is 0 Å². The number of rotatable bonds is 7. The zero-order valence-corrected chi connectivity index (χ0v) is 13.6. The first kappa shape index (κ1) is 15.1. The highest BCUT2D eigenvalue weighted by Crippen LogP contribution is 2.30. The van der Waals surface area contributed by atoms with Gasteiger partial charge in [0.25, 0.3) is 0 Å². The molecule has 1 aliphatic carbocycles. The highest BCUT2D eigenvalue weighted by molar-refractivity contribution is 8.02. The summed E-state index contributed by atoms with van der Waals surface area (Å²) < 4.78 is 6.38. The van der Waals surface area contributed by atoms with E-state index in [-0.39, 0.29) is 17.3 Å². The molecule has 1 saturated heterocycles. The third kappa shape index (κ3) is 4.55. The van der Waals surface area contributed by atoms with Gasteiger partial charge < -0.3 is 15.4 Å². The maximum absolute atomic E-state index is 11.9. The van der Waals surface area contributed by atoms with E-state index in [0.717, 1.165) is 48.3 Å². The summed E-state index contributed by atoms with van der Waals surface area (Å²) in [6.45, 7) is 3.54. The van der Waals surface area contributed by atoms with Crippen LogP contribution in [0.5, 0.6) is 0 Å². The molecule has 1 aromatic heterocycles. The molecule has 0 radical (unpaired) electrons. The van der Waals surface area contributed by atoms with Gasteiger partial charge in [-0.2, -0.15) is 0 Å². The number of hydrogen-bond acceptors (Lipinski definition) is 7. The fourth-order valence-corrected chi connectivity index (χ4v) is 4.00. The maximum Gasteiger partial charge on any atom is 0.233 e. The van der Waals surface area contributed by atoms with E-state index in [0.29, 0.717) is 6.04 Å². The fourth-order valence-electron chi connectivity index (χ4n) is 2.09. The van der Waals surface area contributed by atoms with Crippen molar-refractivity contribution in [2.45, 2.75) is 54.3 Å². The lowest BCUT2D eigenvalue weighted by Crippen LogP contribution is -2.32. The number of nitrogens with zero attached hydrogens (tertiary/aromatic N) is 2. The van der Waals surface area contributed by atoms with Crippen molar-refractivity contribution in [3.63, 3.8) is 0 Å². The minimum absolute atomic E-state index is 0.0894. The van der Waals surface area contributed by atoms with Crippen molar-refractivity contribution in [1.29, 1.82) is 0 Å². The molecule has 2 atom stereocenters. The summed E-state index contributed by atoms with van der Waals surface area (Å²) in [5, 5.41) is 15.2. The van der Waals surface area contributed by atoms with Crippen LogP contribution in [0.25, 0.3) is 0 Å². The molecule has 2 N–H and O–H groups in total. The molecule has 116 valence electrons. The van der Waals surface area contributed by atoms with Crippen LogP contribution in [0.15, 0.2) is 4.34 Å². The normalized spacial score (nSPS) is 23.0. The van der Waals surface area contributed by atoms with Crippen molar-refractivity contribution >= 4 is 34.1 Å². The van der Waals surface area contributed by atoms with Crippen LogP contribution in [0.3, 0.4) is 0 Å². The average molecular weight is 328 g/mol.